The van der Waals surface area contributed by atoms with Crippen molar-refractivity contribution in [1.82, 2.24) is 0 Å². The Kier molecular flexibility index (Phi) is 6.28. The highest BCUT2D eigenvalue weighted by atomic mass is 31.2. The zero-order valence-corrected chi connectivity index (χ0v) is 15.7. The third kappa shape index (κ3) is 4.40. The first-order chi connectivity index (χ1) is 9.55. The van der Waals surface area contributed by atoms with Gasteiger partial charge in [-0.25, -0.2) is 0 Å². The Morgan fingerprint density at radius 3 is 2.14 bits per heavy atom. The number of hydrogen-bond donors (Lipinski definition) is 0. The van der Waals surface area contributed by atoms with Gasteiger partial charge in [0.25, 0.3) is 0 Å². The molecule has 1 heterocycles. The normalized spacial score (nSPS) is 33.6. The summed E-state index contributed by atoms with van der Waals surface area (Å²) in [5, 5.41) is -0.807. The van der Waals surface area contributed by atoms with Gasteiger partial charge in [-0.05, 0) is 12.8 Å². The van der Waals surface area contributed by atoms with Gasteiger partial charge in [0.15, 0.2) is 0 Å². The molecular weight excluding hydrogens is 314 g/mol. The first-order valence-corrected chi connectivity index (χ1v) is 11.3. The SMILES string of the molecule is CCC(CC)(OCC1(C)COP(C)(=O)OC1)P(C)(=O)OC. The minimum absolute atomic E-state index is 0.297. The van der Waals surface area contributed by atoms with E-state index in [1.165, 1.54) is 13.8 Å². The van der Waals surface area contributed by atoms with Gasteiger partial charge in [-0.3, -0.25) is 9.13 Å². The molecule has 0 saturated carbocycles. The zero-order chi connectivity index (χ0) is 16.4. The summed E-state index contributed by atoms with van der Waals surface area (Å²) >= 11 is 0. The van der Waals surface area contributed by atoms with Gasteiger partial charge in [0.2, 0.25) is 7.37 Å². The van der Waals surface area contributed by atoms with Gasteiger partial charge >= 0.3 is 7.60 Å². The van der Waals surface area contributed by atoms with Crippen LogP contribution in [0.3, 0.4) is 0 Å². The predicted molar refractivity (Wildman–Crippen MR) is 83.3 cm³/mol. The molecule has 0 radical (unpaired) electrons. The van der Waals surface area contributed by atoms with E-state index in [4.69, 9.17) is 18.3 Å². The molecule has 0 N–H and O–H groups in total. The molecule has 1 aliphatic rings. The van der Waals surface area contributed by atoms with Crippen LogP contribution in [-0.4, -0.2) is 45.6 Å². The lowest BCUT2D eigenvalue weighted by Crippen LogP contribution is -2.42. The summed E-state index contributed by atoms with van der Waals surface area (Å²) in [7, 11) is -4.36. The van der Waals surface area contributed by atoms with Crippen LogP contribution in [0.2, 0.25) is 0 Å². The second kappa shape index (κ2) is 6.82. The molecule has 21 heavy (non-hydrogen) atoms. The third-order valence-corrected chi connectivity index (χ3v) is 8.31. The van der Waals surface area contributed by atoms with Crippen LogP contribution in [0, 0.1) is 5.41 Å². The number of hydrogen-bond acceptors (Lipinski definition) is 6. The average Bonchev–Trinajstić information content (AvgIpc) is 2.44. The summed E-state index contributed by atoms with van der Waals surface area (Å²) in [6, 6.07) is 0. The van der Waals surface area contributed by atoms with Crippen molar-refractivity contribution in [3.63, 3.8) is 0 Å². The zero-order valence-electron chi connectivity index (χ0n) is 13.9. The lowest BCUT2D eigenvalue weighted by atomic mass is 9.94. The Morgan fingerprint density at radius 2 is 1.76 bits per heavy atom. The van der Waals surface area contributed by atoms with Crippen molar-refractivity contribution in [2.45, 2.75) is 39.0 Å². The lowest BCUT2D eigenvalue weighted by molar-refractivity contribution is -0.0813. The standard InChI is InChI=1S/C13H28O6P2/c1-7-13(8-2,20(5,14)16-4)17-9-12(3)10-18-21(6,15)19-11-12/h7-11H2,1-6H3. The van der Waals surface area contributed by atoms with E-state index >= 15 is 0 Å². The summed E-state index contributed by atoms with van der Waals surface area (Å²) in [5.74, 6) is 0. The highest BCUT2D eigenvalue weighted by molar-refractivity contribution is 7.59. The van der Waals surface area contributed by atoms with Crippen molar-refractivity contribution < 1.29 is 27.4 Å². The fraction of sp³-hybridized carbons (Fsp3) is 1.00. The molecule has 0 aromatic carbocycles. The number of ether oxygens (including phenoxy) is 1. The van der Waals surface area contributed by atoms with Crippen molar-refractivity contribution in [3.05, 3.63) is 0 Å². The minimum Gasteiger partial charge on any atom is -0.364 e. The van der Waals surface area contributed by atoms with Crippen molar-refractivity contribution >= 4 is 15.0 Å². The van der Waals surface area contributed by atoms with Crippen molar-refractivity contribution in [3.8, 4) is 0 Å². The first kappa shape index (κ1) is 19.3. The minimum atomic E-state index is -2.92. The van der Waals surface area contributed by atoms with Gasteiger partial charge in [0.1, 0.15) is 5.34 Å². The van der Waals surface area contributed by atoms with Crippen molar-refractivity contribution in [2.75, 3.05) is 40.3 Å². The Morgan fingerprint density at radius 1 is 1.29 bits per heavy atom. The van der Waals surface area contributed by atoms with Crippen molar-refractivity contribution in [1.29, 1.82) is 0 Å². The first-order valence-electron chi connectivity index (χ1n) is 7.19. The fourth-order valence-corrected chi connectivity index (χ4v) is 5.28. The Hall–Kier alpha value is 0.300. The van der Waals surface area contributed by atoms with Crippen LogP contribution in [0.4, 0.5) is 0 Å². The predicted octanol–water partition coefficient (Wildman–Crippen LogP) is 3.95. The van der Waals surface area contributed by atoms with Crippen LogP contribution in [0.25, 0.3) is 0 Å². The monoisotopic (exact) mass is 342 g/mol. The van der Waals surface area contributed by atoms with Crippen LogP contribution < -0.4 is 0 Å². The van der Waals surface area contributed by atoms with Crippen LogP contribution in [-0.2, 0) is 27.4 Å². The maximum Gasteiger partial charge on any atom is 0.327 e. The maximum absolute atomic E-state index is 12.7. The quantitative estimate of drug-likeness (QED) is 0.653. The van der Waals surface area contributed by atoms with Gasteiger partial charge in [-0.1, -0.05) is 20.8 Å². The molecule has 0 bridgehead atoms. The van der Waals surface area contributed by atoms with Crippen LogP contribution >= 0.6 is 15.0 Å². The van der Waals surface area contributed by atoms with Gasteiger partial charge < -0.3 is 18.3 Å². The molecule has 1 unspecified atom stereocenters. The average molecular weight is 342 g/mol. The van der Waals surface area contributed by atoms with E-state index in [-0.39, 0.29) is 0 Å². The lowest BCUT2D eigenvalue weighted by Gasteiger charge is -2.41. The van der Waals surface area contributed by atoms with Crippen LogP contribution in [0.15, 0.2) is 0 Å². The Labute approximate surface area is 127 Å². The second-order valence-corrected chi connectivity index (χ2v) is 11.0. The summed E-state index contributed by atoms with van der Waals surface area (Å²) in [6.45, 7) is 9.80. The summed E-state index contributed by atoms with van der Waals surface area (Å²) in [5.41, 5.74) is -0.409. The van der Waals surface area contributed by atoms with Crippen LogP contribution in [0.5, 0.6) is 0 Å². The fourth-order valence-electron chi connectivity index (χ4n) is 2.33. The molecule has 126 valence electrons. The molecule has 6 nitrogen and oxygen atoms in total. The molecule has 1 rings (SSSR count). The maximum atomic E-state index is 12.7. The molecule has 1 fully saturated rings. The van der Waals surface area contributed by atoms with Crippen LogP contribution in [0.1, 0.15) is 33.6 Å². The molecular formula is C13H28O6P2. The third-order valence-electron chi connectivity index (χ3n) is 4.18. The van der Waals surface area contributed by atoms with E-state index in [1.54, 1.807) is 6.66 Å². The van der Waals surface area contributed by atoms with E-state index in [2.05, 4.69) is 0 Å². The Balaban J connectivity index is 2.79. The molecule has 1 atom stereocenters. The molecule has 0 aromatic heterocycles. The molecule has 0 aromatic rings. The molecule has 0 spiro atoms. The molecule has 1 saturated heterocycles. The van der Waals surface area contributed by atoms with E-state index in [0.29, 0.717) is 32.7 Å². The largest absolute Gasteiger partial charge is 0.364 e. The molecule has 8 heteroatoms. The van der Waals surface area contributed by atoms with Gasteiger partial charge in [0, 0.05) is 25.9 Å². The second-order valence-electron chi connectivity index (χ2n) is 6.10. The highest BCUT2D eigenvalue weighted by Crippen LogP contribution is 2.60. The van der Waals surface area contributed by atoms with Gasteiger partial charge in [-0.15, -0.1) is 0 Å². The van der Waals surface area contributed by atoms with Crippen molar-refractivity contribution in [2.24, 2.45) is 5.41 Å². The summed E-state index contributed by atoms with van der Waals surface area (Å²) in [6.07, 6.45) is 1.18. The van der Waals surface area contributed by atoms with E-state index in [0.717, 1.165) is 0 Å². The van der Waals surface area contributed by atoms with E-state index in [9.17, 15) is 9.13 Å². The molecule has 0 amide bonds. The molecule has 1 aliphatic heterocycles. The summed E-state index contributed by atoms with van der Waals surface area (Å²) in [4.78, 5) is 0. The highest BCUT2D eigenvalue weighted by Gasteiger charge is 2.46. The topological polar surface area (TPSA) is 71.1 Å². The Bertz CT molecular complexity index is 434. The van der Waals surface area contributed by atoms with Gasteiger partial charge in [0.05, 0.1) is 19.8 Å². The smallest absolute Gasteiger partial charge is 0.327 e. The van der Waals surface area contributed by atoms with E-state index in [1.807, 2.05) is 20.8 Å². The molecule has 0 aliphatic carbocycles. The van der Waals surface area contributed by atoms with E-state index < -0.39 is 25.7 Å². The summed E-state index contributed by atoms with van der Waals surface area (Å²) < 4.78 is 46.2. The number of rotatable bonds is 7. The van der Waals surface area contributed by atoms with Gasteiger partial charge in [-0.2, -0.15) is 0 Å².